The van der Waals surface area contributed by atoms with Crippen LogP contribution in [0.25, 0.3) is 0 Å². The molecule has 2 N–H and O–H groups in total. The van der Waals surface area contributed by atoms with E-state index in [0.717, 1.165) is 18.4 Å². The van der Waals surface area contributed by atoms with Crippen molar-refractivity contribution in [2.24, 2.45) is 0 Å². The van der Waals surface area contributed by atoms with E-state index in [1.54, 1.807) is 16.8 Å². The van der Waals surface area contributed by atoms with Crippen molar-refractivity contribution in [1.82, 2.24) is 9.78 Å². The number of amides is 1. The second kappa shape index (κ2) is 7.31. The van der Waals surface area contributed by atoms with Crippen molar-refractivity contribution in [3.8, 4) is 0 Å². The first kappa shape index (κ1) is 18.0. The molecule has 3 heterocycles. The first-order valence-electron chi connectivity index (χ1n) is 8.33. The van der Waals surface area contributed by atoms with E-state index < -0.39 is 0 Å². The van der Waals surface area contributed by atoms with Crippen molar-refractivity contribution in [2.45, 2.75) is 24.1 Å². The van der Waals surface area contributed by atoms with Gasteiger partial charge in [-0.2, -0.15) is 0 Å². The van der Waals surface area contributed by atoms with E-state index >= 15 is 0 Å². The molecule has 2 aliphatic heterocycles. The fraction of sp³-hybridized carbons (Fsp3) is 0.412. The van der Waals surface area contributed by atoms with E-state index in [1.807, 2.05) is 6.07 Å². The maximum atomic E-state index is 12.8. The van der Waals surface area contributed by atoms with Crippen LogP contribution in [0.15, 0.2) is 23.0 Å². The third-order valence-corrected chi connectivity index (χ3v) is 6.48. The minimum absolute atomic E-state index is 0.0879. The van der Waals surface area contributed by atoms with E-state index in [1.165, 1.54) is 11.8 Å². The maximum Gasteiger partial charge on any atom is 0.270 e. The molecule has 0 aliphatic carbocycles. The lowest BCUT2D eigenvalue weighted by atomic mass is 10.1. The van der Waals surface area contributed by atoms with Crippen LogP contribution in [0.1, 0.15) is 35.3 Å². The topological polar surface area (TPSA) is 76.1 Å². The number of thioether (sulfide) groups is 1. The zero-order valence-electron chi connectivity index (χ0n) is 13.8. The van der Waals surface area contributed by atoms with Crippen molar-refractivity contribution in [2.75, 3.05) is 24.3 Å². The van der Waals surface area contributed by atoms with Crippen molar-refractivity contribution in [3.63, 3.8) is 0 Å². The van der Waals surface area contributed by atoms with Crippen LogP contribution >= 0.6 is 35.0 Å². The van der Waals surface area contributed by atoms with Crippen molar-refractivity contribution in [1.29, 1.82) is 0 Å². The van der Waals surface area contributed by atoms with Crippen LogP contribution in [0.2, 0.25) is 10.0 Å². The van der Waals surface area contributed by atoms with Crippen LogP contribution in [0, 0.1) is 0 Å². The molecule has 0 bridgehead atoms. The number of carbonyl (C=O) groups excluding carboxylic acids is 1. The summed E-state index contributed by atoms with van der Waals surface area (Å²) < 4.78 is 7.20. The number of aromatic nitrogens is 2. The molecule has 1 fully saturated rings. The molecular weight excluding hydrogens is 397 g/mol. The Bertz CT molecular complexity index is 905. The molecule has 4 rings (SSSR count). The molecule has 1 aromatic heterocycles. The van der Waals surface area contributed by atoms with Crippen molar-refractivity contribution in [3.05, 3.63) is 49.7 Å². The second-order valence-electron chi connectivity index (χ2n) is 6.32. The standard InChI is InChI=1S/C17H17Cl2N3O3S/c18-9-1-2-11(12(19)7-9)15-14-16(20-13(23)8-26-15)22(21-17(14)24)10-3-5-25-6-4-10/h1-2,7,10,15H,3-6,8H2,(H,20,23)(H,21,24)/t15-/m1/s1. The van der Waals surface area contributed by atoms with Gasteiger partial charge in [-0.05, 0) is 30.5 Å². The number of anilines is 1. The Kier molecular flexibility index (Phi) is 5.05. The van der Waals surface area contributed by atoms with E-state index in [2.05, 4.69) is 10.4 Å². The van der Waals surface area contributed by atoms with Crippen molar-refractivity contribution >= 4 is 46.7 Å². The number of rotatable bonds is 2. The van der Waals surface area contributed by atoms with Gasteiger partial charge in [0, 0.05) is 23.3 Å². The second-order valence-corrected chi connectivity index (χ2v) is 8.26. The van der Waals surface area contributed by atoms with Gasteiger partial charge in [-0.15, -0.1) is 11.8 Å². The number of aromatic amines is 1. The Morgan fingerprint density at radius 1 is 1.19 bits per heavy atom. The fourth-order valence-corrected chi connectivity index (χ4v) is 5.16. The van der Waals surface area contributed by atoms with E-state index in [4.69, 9.17) is 27.9 Å². The molecule has 0 saturated carbocycles. The van der Waals surface area contributed by atoms with Crippen LogP contribution < -0.4 is 10.9 Å². The molecule has 9 heteroatoms. The molecular formula is C17H17Cl2N3O3S. The summed E-state index contributed by atoms with van der Waals surface area (Å²) in [6.07, 6.45) is 1.57. The van der Waals surface area contributed by atoms with Crippen LogP contribution in [-0.4, -0.2) is 34.7 Å². The number of hydrogen-bond acceptors (Lipinski definition) is 4. The van der Waals surface area contributed by atoms with E-state index in [0.29, 0.717) is 34.6 Å². The molecule has 0 unspecified atom stereocenters. The molecule has 138 valence electrons. The summed E-state index contributed by atoms with van der Waals surface area (Å²) in [7, 11) is 0. The molecule has 26 heavy (non-hydrogen) atoms. The Morgan fingerprint density at radius 2 is 1.96 bits per heavy atom. The third kappa shape index (κ3) is 3.29. The van der Waals surface area contributed by atoms with Gasteiger partial charge < -0.3 is 10.1 Å². The molecule has 1 saturated heterocycles. The lowest BCUT2D eigenvalue weighted by Crippen LogP contribution is -2.24. The monoisotopic (exact) mass is 413 g/mol. The lowest BCUT2D eigenvalue weighted by Gasteiger charge is -2.25. The number of benzene rings is 1. The molecule has 1 atom stereocenters. The minimum atomic E-state index is -0.349. The van der Waals surface area contributed by atoms with Gasteiger partial charge in [-0.1, -0.05) is 29.3 Å². The van der Waals surface area contributed by atoms with E-state index in [9.17, 15) is 9.59 Å². The Morgan fingerprint density at radius 3 is 2.69 bits per heavy atom. The lowest BCUT2D eigenvalue weighted by molar-refractivity contribution is -0.113. The average Bonchev–Trinajstić information content (AvgIpc) is 2.83. The van der Waals surface area contributed by atoms with Gasteiger partial charge in [0.1, 0.15) is 5.82 Å². The molecule has 1 aromatic carbocycles. The predicted octanol–water partition coefficient (Wildman–Crippen LogP) is 3.61. The van der Waals surface area contributed by atoms with Crippen LogP contribution in [0.4, 0.5) is 5.82 Å². The highest BCUT2D eigenvalue weighted by Gasteiger charge is 2.33. The van der Waals surface area contributed by atoms with Crippen LogP contribution in [0.3, 0.4) is 0 Å². The quantitative estimate of drug-likeness (QED) is 0.787. The zero-order valence-corrected chi connectivity index (χ0v) is 16.1. The summed E-state index contributed by atoms with van der Waals surface area (Å²) in [5, 5.41) is 6.47. The summed E-state index contributed by atoms with van der Waals surface area (Å²) in [6.45, 7) is 1.27. The average molecular weight is 414 g/mol. The largest absolute Gasteiger partial charge is 0.381 e. The SMILES string of the molecule is O=C1CS[C@H](c2ccc(Cl)cc2Cl)c2c(n(C3CCOCC3)[nH]c2=O)N1. The summed E-state index contributed by atoms with van der Waals surface area (Å²) in [5.41, 5.74) is 1.09. The molecule has 2 aromatic rings. The Balaban J connectivity index is 1.84. The number of H-pyrrole nitrogens is 1. The minimum Gasteiger partial charge on any atom is -0.381 e. The van der Waals surface area contributed by atoms with Gasteiger partial charge >= 0.3 is 0 Å². The smallest absolute Gasteiger partial charge is 0.270 e. The number of hydrogen-bond donors (Lipinski definition) is 2. The fourth-order valence-electron chi connectivity index (χ4n) is 3.42. The summed E-state index contributed by atoms with van der Waals surface area (Å²) in [6, 6.07) is 5.30. The predicted molar refractivity (Wildman–Crippen MR) is 104 cm³/mol. The molecule has 6 nitrogen and oxygen atoms in total. The number of nitrogens with zero attached hydrogens (tertiary/aromatic N) is 1. The van der Waals surface area contributed by atoms with Gasteiger partial charge in [-0.25, -0.2) is 0 Å². The molecule has 0 spiro atoms. The van der Waals surface area contributed by atoms with Gasteiger partial charge in [-0.3, -0.25) is 19.4 Å². The highest BCUT2D eigenvalue weighted by Crippen LogP contribution is 2.43. The van der Waals surface area contributed by atoms with Crippen LogP contribution in [-0.2, 0) is 9.53 Å². The molecule has 0 radical (unpaired) electrons. The van der Waals surface area contributed by atoms with Crippen molar-refractivity contribution < 1.29 is 9.53 Å². The number of ether oxygens (including phenoxy) is 1. The number of carbonyl (C=O) groups is 1. The Labute approximate surface area is 164 Å². The number of nitrogens with one attached hydrogen (secondary N) is 2. The third-order valence-electron chi connectivity index (χ3n) is 4.66. The highest BCUT2D eigenvalue weighted by molar-refractivity contribution is 8.00. The summed E-state index contributed by atoms with van der Waals surface area (Å²) in [5.74, 6) is 0.641. The zero-order chi connectivity index (χ0) is 18.3. The molecule has 1 amide bonds. The summed E-state index contributed by atoms with van der Waals surface area (Å²) >= 11 is 13.8. The van der Waals surface area contributed by atoms with Crippen LogP contribution in [0.5, 0.6) is 0 Å². The molecule has 2 aliphatic rings. The van der Waals surface area contributed by atoms with Gasteiger partial charge in [0.15, 0.2) is 0 Å². The maximum absolute atomic E-state index is 12.8. The highest BCUT2D eigenvalue weighted by atomic mass is 35.5. The van der Waals surface area contributed by atoms with Gasteiger partial charge in [0.2, 0.25) is 5.91 Å². The normalized spacial score (nSPS) is 21.2. The first-order chi connectivity index (χ1) is 12.5. The number of halogens is 2. The number of fused-ring (bicyclic) bond motifs is 1. The summed E-state index contributed by atoms with van der Waals surface area (Å²) in [4.78, 5) is 25.1. The first-order valence-corrected chi connectivity index (χ1v) is 10.1. The van der Waals surface area contributed by atoms with E-state index in [-0.39, 0.29) is 28.5 Å². The van der Waals surface area contributed by atoms with Gasteiger partial charge in [0.05, 0.1) is 22.6 Å². The Hall–Kier alpha value is -1.41. The van der Waals surface area contributed by atoms with Gasteiger partial charge in [0.25, 0.3) is 5.56 Å².